The summed E-state index contributed by atoms with van der Waals surface area (Å²) in [6.07, 6.45) is 2.76. The maximum atomic E-state index is 11.9. The molecule has 0 aromatic heterocycles. The highest BCUT2D eigenvalue weighted by Crippen LogP contribution is 2.20. The molecule has 1 N–H and O–H groups in total. The van der Waals surface area contributed by atoms with Crippen LogP contribution in [0, 0.1) is 0 Å². The van der Waals surface area contributed by atoms with Crippen molar-refractivity contribution in [3.8, 4) is 0 Å². The molecular weight excluding hydrogens is 276 g/mol. The van der Waals surface area contributed by atoms with Crippen molar-refractivity contribution in [2.45, 2.75) is 36.9 Å². The van der Waals surface area contributed by atoms with Gasteiger partial charge in [-0.3, -0.25) is 0 Å². The van der Waals surface area contributed by atoms with E-state index in [9.17, 15) is 8.42 Å². The first kappa shape index (κ1) is 15.3. The SMILES string of the molecule is CC1CCC(CNc2ccc(S(=O)(=O)N(C)C)cc2)O1. The molecule has 1 heterocycles. The van der Waals surface area contributed by atoms with E-state index >= 15 is 0 Å². The normalized spacial score (nSPS) is 23.2. The Labute approximate surface area is 121 Å². The van der Waals surface area contributed by atoms with Crippen LogP contribution >= 0.6 is 0 Å². The lowest BCUT2D eigenvalue weighted by Gasteiger charge is -2.14. The van der Waals surface area contributed by atoms with Gasteiger partial charge in [0.05, 0.1) is 17.1 Å². The lowest BCUT2D eigenvalue weighted by molar-refractivity contribution is 0.0637. The van der Waals surface area contributed by atoms with Gasteiger partial charge < -0.3 is 10.1 Å². The molecule has 6 heteroatoms. The second-order valence-electron chi connectivity index (χ2n) is 5.34. The Bertz CT molecular complexity index is 540. The maximum absolute atomic E-state index is 11.9. The van der Waals surface area contributed by atoms with Crippen molar-refractivity contribution in [3.05, 3.63) is 24.3 Å². The van der Waals surface area contributed by atoms with Crippen molar-refractivity contribution >= 4 is 15.7 Å². The van der Waals surface area contributed by atoms with E-state index in [1.54, 1.807) is 24.3 Å². The van der Waals surface area contributed by atoms with Crippen LogP contribution in [0.4, 0.5) is 5.69 Å². The predicted molar refractivity (Wildman–Crippen MR) is 79.4 cm³/mol. The summed E-state index contributed by atoms with van der Waals surface area (Å²) in [4.78, 5) is 0.304. The van der Waals surface area contributed by atoms with Gasteiger partial charge in [0.15, 0.2) is 0 Å². The minimum Gasteiger partial charge on any atom is -0.382 e. The molecule has 1 aromatic carbocycles. The number of rotatable bonds is 5. The molecule has 0 amide bonds. The summed E-state index contributed by atoms with van der Waals surface area (Å²) in [5.74, 6) is 0. The van der Waals surface area contributed by atoms with E-state index in [1.807, 2.05) is 0 Å². The van der Waals surface area contributed by atoms with Gasteiger partial charge in [-0.15, -0.1) is 0 Å². The lowest BCUT2D eigenvalue weighted by atomic mass is 10.2. The van der Waals surface area contributed by atoms with Crippen molar-refractivity contribution in [1.29, 1.82) is 0 Å². The maximum Gasteiger partial charge on any atom is 0.242 e. The van der Waals surface area contributed by atoms with E-state index in [1.165, 1.54) is 18.4 Å². The summed E-state index contributed by atoms with van der Waals surface area (Å²) >= 11 is 0. The molecule has 1 aliphatic heterocycles. The van der Waals surface area contributed by atoms with Gasteiger partial charge in [-0.1, -0.05) is 0 Å². The topological polar surface area (TPSA) is 58.6 Å². The Morgan fingerprint density at radius 1 is 1.25 bits per heavy atom. The fourth-order valence-electron chi connectivity index (χ4n) is 2.22. The third-order valence-electron chi connectivity index (χ3n) is 3.49. The first-order valence-electron chi connectivity index (χ1n) is 6.81. The third kappa shape index (κ3) is 3.50. The summed E-state index contributed by atoms with van der Waals surface area (Å²) in [5.41, 5.74) is 0.908. The zero-order valence-corrected chi connectivity index (χ0v) is 13.0. The summed E-state index contributed by atoms with van der Waals surface area (Å²) in [6.45, 7) is 2.84. The molecular formula is C14H22N2O3S. The van der Waals surface area contributed by atoms with Crippen LogP contribution < -0.4 is 5.32 Å². The monoisotopic (exact) mass is 298 g/mol. The number of hydrogen-bond acceptors (Lipinski definition) is 4. The summed E-state index contributed by atoms with van der Waals surface area (Å²) < 4.78 is 30.8. The molecule has 2 rings (SSSR count). The van der Waals surface area contributed by atoms with Gasteiger partial charge in [-0.25, -0.2) is 12.7 Å². The van der Waals surface area contributed by atoms with Crippen molar-refractivity contribution in [3.63, 3.8) is 0 Å². The van der Waals surface area contributed by atoms with Crippen molar-refractivity contribution in [2.75, 3.05) is 26.0 Å². The number of hydrogen-bond donors (Lipinski definition) is 1. The summed E-state index contributed by atoms with van der Waals surface area (Å²) in [5, 5.41) is 3.28. The Morgan fingerprint density at radius 3 is 2.40 bits per heavy atom. The first-order valence-corrected chi connectivity index (χ1v) is 8.25. The van der Waals surface area contributed by atoms with Gasteiger partial charge >= 0.3 is 0 Å². The molecule has 0 bridgehead atoms. The Morgan fingerprint density at radius 2 is 1.90 bits per heavy atom. The minimum absolute atomic E-state index is 0.246. The number of ether oxygens (including phenoxy) is 1. The van der Waals surface area contributed by atoms with Crippen molar-refractivity contribution in [1.82, 2.24) is 4.31 Å². The lowest BCUT2D eigenvalue weighted by Crippen LogP contribution is -2.22. The van der Waals surface area contributed by atoms with Crippen LogP contribution in [0.25, 0.3) is 0 Å². The molecule has 1 aromatic rings. The van der Waals surface area contributed by atoms with E-state index < -0.39 is 10.0 Å². The van der Waals surface area contributed by atoms with E-state index in [0.717, 1.165) is 25.1 Å². The van der Waals surface area contributed by atoms with Gasteiger partial charge in [-0.2, -0.15) is 0 Å². The van der Waals surface area contributed by atoms with Crippen LogP contribution in [0.2, 0.25) is 0 Å². The molecule has 0 radical (unpaired) electrons. The summed E-state index contributed by atoms with van der Waals surface area (Å²) in [7, 11) is -0.295. The van der Waals surface area contributed by atoms with Crippen LogP contribution in [-0.4, -0.2) is 45.6 Å². The predicted octanol–water partition coefficient (Wildman–Crippen LogP) is 1.92. The Hall–Kier alpha value is -1.11. The van der Waals surface area contributed by atoms with Crippen LogP contribution in [-0.2, 0) is 14.8 Å². The molecule has 1 aliphatic rings. The molecule has 2 unspecified atom stereocenters. The van der Waals surface area contributed by atoms with Gasteiger partial charge in [0.2, 0.25) is 10.0 Å². The first-order chi connectivity index (χ1) is 9.39. The molecule has 0 aliphatic carbocycles. The fraction of sp³-hybridized carbons (Fsp3) is 0.571. The third-order valence-corrected chi connectivity index (χ3v) is 5.32. The highest BCUT2D eigenvalue weighted by molar-refractivity contribution is 7.89. The number of sulfonamides is 1. The van der Waals surface area contributed by atoms with Crippen LogP contribution in [0.15, 0.2) is 29.2 Å². The number of benzene rings is 1. The van der Waals surface area contributed by atoms with E-state index in [-0.39, 0.29) is 6.10 Å². The highest BCUT2D eigenvalue weighted by Gasteiger charge is 2.21. The van der Waals surface area contributed by atoms with E-state index in [4.69, 9.17) is 4.74 Å². The molecule has 0 saturated carbocycles. The zero-order valence-electron chi connectivity index (χ0n) is 12.2. The molecule has 112 valence electrons. The van der Waals surface area contributed by atoms with Gasteiger partial charge in [0, 0.05) is 26.3 Å². The smallest absolute Gasteiger partial charge is 0.242 e. The second-order valence-corrected chi connectivity index (χ2v) is 7.49. The van der Waals surface area contributed by atoms with Crippen molar-refractivity contribution in [2.24, 2.45) is 0 Å². The molecule has 1 saturated heterocycles. The minimum atomic E-state index is -3.35. The van der Waals surface area contributed by atoms with Crippen molar-refractivity contribution < 1.29 is 13.2 Å². The number of nitrogens with zero attached hydrogens (tertiary/aromatic N) is 1. The quantitative estimate of drug-likeness (QED) is 0.902. The molecule has 20 heavy (non-hydrogen) atoms. The highest BCUT2D eigenvalue weighted by atomic mass is 32.2. The molecule has 0 spiro atoms. The number of nitrogens with one attached hydrogen (secondary N) is 1. The molecule has 1 fully saturated rings. The van der Waals surface area contributed by atoms with Gasteiger partial charge in [0.25, 0.3) is 0 Å². The molecule has 2 atom stereocenters. The number of anilines is 1. The second kappa shape index (κ2) is 6.11. The van der Waals surface area contributed by atoms with E-state index in [0.29, 0.717) is 11.0 Å². The van der Waals surface area contributed by atoms with Crippen LogP contribution in [0.3, 0.4) is 0 Å². The largest absolute Gasteiger partial charge is 0.382 e. The molecule has 5 nitrogen and oxygen atoms in total. The standard InChI is InChI=1S/C14H22N2O3S/c1-11-4-7-13(19-11)10-15-12-5-8-14(9-6-12)20(17,18)16(2)3/h5-6,8-9,11,13,15H,4,7,10H2,1-3H3. The average molecular weight is 298 g/mol. The van der Waals surface area contributed by atoms with Gasteiger partial charge in [-0.05, 0) is 44.0 Å². The average Bonchev–Trinajstić information content (AvgIpc) is 2.82. The van der Waals surface area contributed by atoms with Gasteiger partial charge in [0.1, 0.15) is 0 Å². The zero-order chi connectivity index (χ0) is 14.8. The summed E-state index contributed by atoms with van der Waals surface area (Å²) in [6, 6.07) is 6.81. The fourth-order valence-corrected chi connectivity index (χ4v) is 3.12. The Kier molecular flexibility index (Phi) is 4.67. The van der Waals surface area contributed by atoms with Crippen LogP contribution in [0.5, 0.6) is 0 Å². The van der Waals surface area contributed by atoms with E-state index in [2.05, 4.69) is 12.2 Å². The Balaban J connectivity index is 1.95. The van der Waals surface area contributed by atoms with Crippen LogP contribution in [0.1, 0.15) is 19.8 Å².